The molecule has 2 atom stereocenters. The van der Waals surface area contributed by atoms with Crippen molar-refractivity contribution in [3.63, 3.8) is 0 Å². The fraction of sp³-hybridized carbons (Fsp3) is 0.583. The van der Waals surface area contributed by atoms with Gasteiger partial charge in [0.1, 0.15) is 5.15 Å². The highest BCUT2D eigenvalue weighted by Gasteiger charge is 2.47. The molecule has 0 amide bonds. The number of halogens is 4. The zero-order valence-corrected chi connectivity index (χ0v) is 11.2. The van der Waals surface area contributed by atoms with Crippen LogP contribution in [0.15, 0.2) is 12.1 Å². The van der Waals surface area contributed by atoms with Gasteiger partial charge in [0.25, 0.3) is 0 Å². The summed E-state index contributed by atoms with van der Waals surface area (Å²) >= 11 is 5.80. The van der Waals surface area contributed by atoms with Crippen LogP contribution in [-0.2, 0) is 0 Å². The number of rotatable bonds is 1. The van der Waals surface area contributed by atoms with Crippen LogP contribution in [0, 0.1) is 5.92 Å². The lowest BCUT2D eigenvalue weighted by molar-refractivity contribution is -0.188. The van der Waals surface area contributed by atoms with Crippen LogP contribution in [0.5, 0.6) is 0 Å². The average molecular weight is 305 g/mol. The van der Waals surface area contributed by atoms with E-state index in [9.17, 15) is 13.2 Å². The van der Waals surface area contributed by atoms with Crippen molar-refractivity contribution in [2.45, 2.75) is 37.8 Å². The first-order valence-electron chi connectivity index (χ1n) is 6.41. The molecule has 0 radical (unpaired) electrons. The maximum absolute atomic E-state index is 13.2. The molecule has 108 valence electrons. The van der Waals surface area contributed by atoms with Crippen molar-refractivity contribution in [3.05, 3.63) is 23.1 Å². The Bertz CT molecular complexity index is 625. The average Bonchev–Trinajstić information content (AvgIpc) is 2.80. The Morgan fingerprint density at radius 3 is 2.65 bits per heavy atom. The van der Waals surface area contributed by atoms with Crippen molar-refractivity contribution in [1.29, 1.82) is 0 Å². The minimum absolute atomic E-state index is 0.129. The Kier molecular flexibility index (Phi) is 3.32. The third-order valence-corrected chi connectivity index (χ3v) is 3.97. The number of nitrogens with zero attached hydrogens (tertiary/aromatic N) is 4. The molecule has 0 N–H and O–H groups in total. The lowest BCUT2D eigenvalue weighted by Gasteiger charge is -2.31. The molecule has 1 aliphatic carbocycles. The van der Waals surface area contributed by atoms with E-state index < -0.39 is 18.0 Å². The van der Waals surface area contributed by atoms with Crippen LogP contribution in [0.1, 0.15) is 37.4 Å². The van der Waals surface area contributed by atoms with Crippen LogP contribution in [0.3, 0.4) is 0 Å². The molecule has 2 heterocycles. The summed E-state index contributed by atoms with van der Waals surface area (Å²) in [7, 11) is 0. The van der Waals surface area contributed by atoms with E-state index in [1.807, 2.05) is 0 Å². The molecule has 2 aromatic rings. The second kappa shape index (κ2) is 4.87. The van der Waals surface area contributed by atoms with Crippen LogP contribution in [0.25, 0.3) is 5.65 Å². The van der Waals surface area contributed by atoms with E-state index in [0.717, 1.165) is 6.42 Å². The van der Waals surface area contributed by atoms with Gasteiger partial charge >= 0.3 is 6.18 Å². The fourth-order valence-corrected chi connectivity index (χ4v) is 2.98. The third-order valence-electron chi connectivity index (χ3n) is 3.77. The molecule has 1 aliphatic rings. The zero-order valence-electron chi connectivity index (χ0n) is 10.4. The summed E-state index contributed by atoms with van der Waals surface area (Å²) in [6.45, 7) is 0. The summed E-state index contributed by atoms with van der Waals surface area (Å²) in [6, 6.07) is 3.13. The summed E-state index contributed by atoms with van der Waals surface area (Å²) in [5, 5.41) is 12.0. The molecule has 2 aromatic heterocycles. The van der Waals surface area contributed by atoms with Crippen LogP contribution < -0.4 is 0 Å². The molecule has 0 aromatic carbocycles. The van der Waals surface area contributed by atoms with Crippen molar-refractivity contribution in [2.75, 3.05) is 0 Å². The Hall–Kier alpha value is -1.37. The van der Waals surface area contributed by atoms with E-state index in [2.05, 4.69) is 15.3 Å². The summed E-state index contributed by atoms with van der Waals surface area (Å²) in [4.78, 5) is 0. The molecule has 20 heavy (non-hydrogen) atoms. The first kappa shape index (κ1) is 13.6. The molecule has 1 fully saturated rings. The van der Waals surface area contributed by atoms with Crippen molar-refractivity contribution in [1.82, 2.24) is 19.8 Å². The lowest BCUT2D eigenvalue weighted by atomic mass is 9.78. The quantitative estimate of drug-likeness (QED) is 0.808. The maximum Gasteiger partial charge on any atom is 0.392 e. The van der Waals surface area contributed by atoms with Gasteiger partial charge < -0.3 is 0 Å². The van der Waals surface area contributed by atoms with E-state index in [0.29, 0.717) is 18.5 Å². The number of fused-ring (bicyclic) bond motifs is 1. The summed E-state index contributed by atoms with van der Waals surface area (Å²) in [6.07, 6.45) is -2.31. The smallest absolute Gasteiger partial charge is 0.196 e. The van der Waals surface area contributed by atoms with E-state index in [4.69, 9.17) is 11.6 Å². The van der Waals surface area contributed by atoms with Crippen molar-refractivity contribution in [3.8, 4) is 0 Å². The van der Waals surface area contributed by atoms with Gasteiger partial charge in [0.15, 0.2) is 11.5 Å². The van der Waals surface area contributed by atoms with Crippen molar-refractivity contribution >= 4 is 17.2 Å². The fourth-order valence-electron chi connectivity index (χ4n) is 2.85. The van der Waals surface area contributed by atoms with Crippen LogP contribution in [-0.4, -0.2) is 26.0 Å². The lowest BCUT2D eigenvalue weighted by Crippen LogP contribution is -2.32. The Labute approximate surface area is 117 Å². The molecular formula is C12H12ClF3N4. The highest BCUT2D eigenvalue weighted by atomic mass is 35.5. The Balaban J connectivity index is 2.06. The zero-order chi connectivity index (χ0) is 14.3. The second-order valence-electron chi connectivity index (χ2n) is 5.02. The van der Waals surface area contributed by atoms with Crippen molar-refractivity contribution < 1.29 is 13.2 Å². The standard InChI is InChI=1S/C12H12ClF3N4/c13-9-5-6-10-17-18-11(20(10)19-9)7-3-1-2-4-8(7)12(14,15)16/h5-8H,1-4H2. The molecule has 3 rings (SSSR count). The summed E-state index contributed by atoms with van der Waals surface area (Å²) in [5.74, 6) is -1.83. The molecule has 0 bridgehead atoms. The number of alkyl halides is 3. The van der Waals surface area contributed by atoms with Gasteiger partial charge in [0.2, 0.25) is 0 Å². The third kappa shape index (κ3) is 2.34. The van der Waals surface area contributed by atoms with Crippen molar-refractivity contribution in [2.24, 2.45) is 5.92 Å². The maximum atomic E-state index is 13.2. The number of aromatic nitrogens is 4. The molecule has 4 nitrogen and oxygen atoms in total. The first-order chi connectivity index (χ1) is 9.47. The van der Waals surface area contributed by atoms with Gasteiger partial charge in [-0.3, -0.25) is 0 Å². The Morgan fingerprint density at radius 1 is 1.15 bits per heavy atom. The van der Waals surface area contributed by atoms with Gasteiger partial charge in [-0.1, -0.05) is 24.4 Å². The predicted octanol–water partition coefficient (Wildman–Crippen LogP) is 3.61. The van der Waals surface area contributed by atoms with E-state index in [1.165, 1.54) is 10.6 Å². The normalized spacial score (nSPS) is 24.2. The van der Waals surface area contributed by atoms with E-state index >= 15 is 0 Å². The van der Waals surface area contributed by atoms with Gasteiger partial charge in [-0.05, 0) is 25.0 Å². The molecule has 8 heteroatoms. The minimum atomic E-state index is -4.23. The molecule has 0 saturated heterocycles. The van der Waals surface area contributed by atoms with Gasteiger partial charge in [0.05, 0.1) is 5.92 Å². The second-order valence-corrected chi connectivity index (χ2v) is 5.41. The molecule has 2 unspecified atom stereocenters. The monoisotopic (exact) mass is 304 g/mol. The SMILES string of the molecule is FC(F)(F)C1CCCCC1c1nnc2ccc(Cl)nn12. The topological polar surface area (TPSA) is 43.1 Å². The summed E-state index contributed by atoms with van der Waals surface area (Å²) in [5.41, 5.74) is 0.413. The first-order valence-corrected chi connectivity index (χ1v) is 6.79. The Morgan fingerprint density at radius 2 is 1.90 bits per heavy atom. The predicted molar refractivity (Wildman–Crippen MR) is 66.5 cm³/mol. The number of hydrogen-bond acceptors (Lipinski definition) is 3. The van der Waals surface area contributed by atoms with E-state index in [-0.39, 0.29) is 17.4 Å². The van der Waals surface area contributed by atoms with Crippen LogP contribution >= 0.6 is 11.6 Å². The minimum Gasteiger partial charge on any atom is -0.196 e. The number of hydrogen-bond donors (Lipinski definition) is 0. The van der Waals surface area contributed by atoms with Crippen LogP contribution in [0.4, 0.5) is 13.2 Å². The van der Waals surface area contributed by atoms with Gasteiger partial charge in [0, 0.05) is 5.92 Å². The molecule has 0 spiro atoms. The summed E-state index contributed by atoms with van der Waals surface area (Å²) < 4.78 is 40.8. The largest absolute Gasteiger partial charge is 0.392 e. The van der Waals surface area contributed by atoms with E-state index in [1.54, 1.807) is 6.07 Å². The van der Waals surface area contributed by atoms with Gasteiger partial charge in [-0.2, -0.15) is 22.8 Å². The highest BCUT2D eigenvalue weighted by molar-refractivity contribution is 6.29. The highest BCUT2D eigenvalue weighted by Crippen LogP contribution is 2.45. The molecule has 0 aliphatic heterocycles. The van der Waals surface area contributed by atoms with Gasteiger partial charge in [-0.25, -0.2) is 0 Å². The van der Waals surface area contributed by atoms with Crippen LogP contribution in [0.2, 0.25) is 5.15 Å². The molecule has 1 saturated carbocycles. The van der Waals surface area contributed by atoms with Gasteiger partial charge in [-0.15, -0.1) is 10.2 Å². The molecular weight excluding hydrogens is 293 g/mol.